The predicted molar refractivity (Wildman–Crippen MR) is 80.4 cm³/mol. The van der Waals surface area contributed by atoms with Gasteiger partial charge in [0.2, 0.25) is 11.5 Å². The molecule has 0 amide bonds. The lowest BCUT2D eigenvalue weighted by atomic mass is 10.1. The van der Waals surface area contributed by atoms with Crippen molar-refractivity contribution in [3.8, 4) is 11.8 Å². The molecule has 0 aliphatic carbocycles. The van der Waals surface area contributed by atoms with Gasteiger partial charge in [-0.05, 0) is 24.3 Å². The number of ketones is 1. The molecule has 1 N–H and O–H groups in total. The van der Waals surface area contributed by atoms with Gasteiger partial charge in [-0.3, -0.25) is 10.2 Å². The molecule has 0 spiro atoms. The fraction of sp³-hybridized carbons (Fsp3) is 0.0625. The van der Waals surface area contributed by atoms with E-state index in [1.807, 2.05) is 0 Å². The van der Waals surface area contributed by atoms with Gasteiger partial charge in [0.1, 0.15) is 11.8 Å². The van der Waals surface area contributed by atoms with Crippen LogP contribution in [-0.2, 0) is 0 Å². The van der Waals surface area contributed by atoms with E-state index in [0.29, 0.717) is 17.0 Å². The molecule has 2 rings (SSSR count). The molecule has 0 aromatic heterocycles. The number of hydrazone groups is 1. The maximum absolute atomic E-state index is 12.1. The van der Waals surface area contributed by atoms with Gasteiger partial charge in [0, 0.05) is 5.56 Å². The molecule has 2 aromatic rings. The van der Waals surface area contributed by atoms with E-state index in [1.54, 1.807) is 67.8 Å². The van der Waals surface area contributed by atoms with E-state index >= 15 is 0 Å². The third-order valence-electron chi connectivity index (χ3n) is 2.74. The van der Waals surface area contributed by atoms with Crippen LogP contribution in [0, 0.1) is 11.3 Å². The van der Waals surface area contributed by atoms with E-state index in [-0.39, 0.29) is 5.71 Å². The summed E-state index contributed by atoms with van der Waals surface area (Å²) in [5.41, 5.74) is 3.57. The minimum atomic E-state index is -0.417. The van der Waals surface area contributed by atoms with Crippen LogP contribution < -0.4 is 10.2 Å². The van der Waals surface area contributed by atoms with Gasteiger partial charge in [0.05, 0.1) is 12.8 Å². The molecular weight excluding hydrogens is 266 g/mol. The van der Waals surface area contributed by atoms with Gasteiger partial charge in [-0.15, -0.1) is 0 Å². The Morgan fingerprint density at radius 1 is 1.14 bits per heavy atom. The molecule has 0 aliphatic rings. The number of methoxy groups -OCH3 is 1. The van der Waals surface area contributed by atoms with Crippen LogP contribution in [0.2, 0.25) is 0 Å². The molecule has 0 radical (unpaired) electrons. The van der Waals surface area contributed by atoms with Crippen LogP contribution >= 0.6 is 0 Å². The third-order valence-corrected chi connectivity index (χ3v) is 2.74. The van der Waals surface area contributed by atoms with E-state index in [1.165, 1.54) is 0 Å². The number of nitriles is 1. The molecule has 2 aromatic carbocycles. The van der Waals surface area contributed by atoms with Crippen LogP contribution in [0.1, 0.15) is 10.4 Å². The molecule has 0 fully saturated rings. The second-order valence-electron chi connectivity index (χ2n) is 4.11. The van der Waals surface area contributed by atoms with Crippen LogP contribution in [0.3, 0.4) is 0 Å². The highest BCUT2D eigenvalue weighted by molar-refractivity contribution is 6.51. The summed E-state index contributed by atoms with van der Waals surface area (Å²) in [6.45, 7) is 0. The van der Waals surface area contributed by atoms with Crippen LogP contribution in [0.4, 0.5) is 5.69 Å². The second kappa shape index (κ2) is 6.87. The van der Waals surface area contributed by atoms with Gasteiger partial charge >= 0.3 is 0 Å². The third kappa shape index (κ3) is 3.67. The first-order valence-corrected chi connectivity index (χ1v) is 6.22. The van der Waals surface area contributed by atoms with E-state index in [9.17, 15) is 4.79 Å². The first-order chi connectivity index (χ1) is 10.2. The predicted octanol–water partition coefficient (Wildman–Crippen LogP) is 2.87. The number of hydrogen-bond acceptors (Lipinski definition) is 5. The molecule has 104 valence electrons. The van der Waals surface area contributed by atoms with Crippen molar-refractivity contribution in [1.82, 2.24) is 0 Å². The average Bonchev–Trinajstić information content (AvgIpc) is 2.56. The topological polar surface area (TPSA) is 74.5 Å². The van der Waals surface area contributed by atoms with E-state index in [4.69, 9.17) is 10.00 Å². The zero-order valence-electron chi connectivity index (χ0n) is 11.4. The number of nitrogens with zero attached hydrogens (tertiary/aromatic N) is 2. The number of carbonyl (C=O) groups excluding carboxylic acids is 1. The molecule has 0 bridgehead atoms. The number of Topliss-reactive ketones (excluding diaryl/α,β-unsaturated/α-hetero) is 1. The van der Waals surface area contributed by atoms with Crippen molar-refractivity contribution in [3.63, 3.8) is 0 Å². The number of anilines is 1. The number of carbonyl (C=O) groups is 1. The number of hydrogen-bond donors (Lipinski definition) is 1. The van der Waals surface area contributed by atoms with Crippen molar-refractivity contribution in [1.29, 1.82) is 5.26 Å². The van der Waals surface area contributed by atoms with Gasteiger partial charge in [0.25, 0.3) is 0 Å². The first-order valence-electron chi connectivity index (χ1n) is 6.22. The van der Waals surface area contributed by atoms with Crippen LogP contribution in [0.25, 0.3) is 0 Å². The van der Waals surface area contributed by atoms with Crippen LogP contribution in [0.5, 0.6) is 5.75 Å². The summed E-state index contributed by atoms with van der Waals surface area (Å²) in [4.78, 5) is 12.1. The van der Waals surface area contributed by atoms with Gasteiger partial charge in [-0.1, -0.05) is 30.3 Å². The summed E-state index contributed by atoms with van der Waals surface area (Å²) in [5, 5.41) is 12.9. The summed E-state index contributed by atoms with van der Waals surface area (Å²) >= 11 is 0. The molecule has 0 heterocycles. The largest absolute Gasteiger partial charge is 0.497 e. The molecule has 0 unspecified atom stereocenters. The van der Waals surface area contributed by atoms with Crippen molar-refractivity contribution in [3.05, 3.63) is 60.2 Å². The van der Waals surface area contributed by atoms with Crippen LogP contribution in [-0.4, -0.2) is 18.6 Å². The Morgan fingerprint density at radius 2 is 1.81 bits per heavy atom. The number of rotatable bonds is 5. The van der Waals surface area contributed by atoms with Crippen molar-refractivity contribution < 1.29 is 9.53 Å². The molecule has 5 heteroatoms. The second-order valence-corrected chi connectivity index (χ2v) is 4.11. The average molecular weight is 279 g/mol. The zero-order valence-corrected chi connectivity index (χ0v) is 11.4. The summed E-state index contributed by atoms with van der Waals surface area (Å²) in [5.74, 6) is 0.296. The molecule has 0 aliphatic heterocycles. The van der Waals surface area contributed by atoms with Crippen molar-refractivity contribution in [2.75, 3.05) is 12.5 Å². The number of benzene rings is 2. The quantitative estimate of drug-likeness (QED) is 0.519. The maximum atomic E-state index is 12.1. The highest BCUT2D eigenvalue weighted by Gasteiger charge is 2.13. The SMILES string of the molecule is COc1ccc(N/N=C(\C#N)C(=O)c2ccccc2)cc1. The van der Waals surface area contributed by atoms with Gasteiger partial charge in [0.15, 0.2) is 0 Å². The monoisotopic (exact) mass is 279 g/mol. The Kier molecular flexibility index (Phi) is 4.67. The molecule has 0 atom stereocenters. The lowest BCUT2D eigenvalue weighted by Crippen LogP contribution is -2.14. The molecule has 5 nitrogen and oxygen atoms in total. The van der Waals surface area contributed by atoms with E-state index in [0.717, 1.165) is 0 Å². The van der Waals surface area contributed by atoms with Crippen molar-refractivity contribution in [2.24, 2.45) is 5.10 Å². The summed E-state index contributed by atoms with van der Waals surface area (Å²) in [6.07, 6.45) is 0. The standard InChI is InChI=1S/C16H13N3O2/c1-21-14-9-7-13(8-10-14)18-19-15(11-17)16(20)12-5-3-2-4-6-12/h2-10,18H,1H3/b19-15+. The Hall–Kier alpha value is -3.13. The normalized spacial score (nSPS) is 10.6. The summed E-state index contributed by atoms with van der Waals surface area (Å²) in [6, 6.07) is 17.3. The van der Waals surface area contributed by atoms with Gasteiger partial charge in [-0.2, -0.15) is 10.4 Å². The maximum Gasteiger partial charge on any atom is 0.223 e. The Bertz CT molecular complexity index is 686. The minimum Gasteiger partial charge on any atom is -0.497 e. The Morgan fingerprint density at radius 3 is 2.38 bits per heavy atom. The smallest absolute Gasteiger partial charge is 0.223 e. The lowest BCUT2D eigenvalue weighted by molar-refractivity contribution is 0.106. The Labute approximate surface area is 122 Å². The van der Waals surface area contributed by atoms with Crippen LogP contribution in [0.15, 0.2) is 59.7 Å². The highest BCUT2D eigenvalue weighted by atomic mass is 16.5. The minimum absolute atomic E-state index is 0.197. The zero-order chi connectivity index (χ0) is 15.1. The molecule has 21 heavy (non-hydrogen) atoms. The van der Waals surface area contributed by atoms with E-state index in [2.05, 4.69) is 10.5 Å². The lowest BCUT2D eigenvalue weighted by Gasteiger charge is -2.03. The number of nitrogens with one attached hydrogen (secondary N) is 1. The van der Waals surface area contributed by atoms with Crippen molar-refractivity contribution >= 4 is 17.2 Å². The van der Waals surface area contributed by atoms with Crippen molar-refractivity contribution in [2.45, 2.75) is 0 Å². The molecule has 0 saturated carbocycles. The molecular formula is C16H13N3O2. The summed E-state index contributed by atoms with van der Waals surface area (Å²) in [7, 11) is 1.58. The van der Waals surface area contributed by atoms with Gasteiger partial charge in [-0.25, -0.2) is 0 Å². The first kappa shape index (κ1) is 14.3. The van der Waals surface area contributed by atoms with E-state index < -0.39 is 5.78 Å². The Balaban J connectivity index is 2.13. The highest BCUT2D eigenvalue weighted by Crippen LogP contribution is 2.15. The number of ether oxygens (including phenoxy) is 1. The summed E-state index contributed by atoms with van der Waals surface area (Å²) < 4.78 is 5.04. The van der Waals surface area contributed by atoms with Gasteiger partial charge < -0.3 is 4.74 Å². The fourth-order valence-electron chi connectivity index (χ4n) is 1.64. The fourth-order valence-corrected chi connectivity index (χ4v) is 1.64. The molecule has 0 saturated heterocycles.